The van der Waals surface area contributed by atoms with Crippen LogP contribution in [0.25, 0.3) is 33.5 Å². The first-order valence-corrected chi connectivity index (χ1v) is 9.88. The summed E-state index contributed by atoms with van der Waals surface area (Å²) in [5, 5.41) is 21.2. The fourth-order valence-electron chi connectivity index (χ4n) is 4.02. The first-order valence-electron chi connectivity index (χ1n) is 9.88. The van der Waals surface area contributed by atoms with Crippen LogP contribution < -0.4 is 4.90 Å². The number of hydrogen-bond acceptors (Lipinski definition) is 6. The molecular weight excluding hydrogens is 378 g/mol. The van der Waals surface area contributed by atoms with Gasteiger partial charge in [-0.25, -0.2) is 4.98 Å². The molecule has 0 unspecified atom stereocenters. The molecule has 1 fully saturated rings. The molecule has 0 aliphatic carbocycles. The fourth-order valence-corrected chi connectivity index (χ4v) is 4.02. The molecule has 0 bridgehead atoms. The highest BCUT2D eigenvalue weighted by Crippen LogP contribution is 2.36. The van der Waals surface area contributed by atoms with Crippen molar-refractivity contribution in [3.8, 4) is 28.6 Å². The zero-order valence-electron chi connectivity index (χ0n) is 16.8. The monoisotopic (exact) mass is 399 g/mol. The van der Waals surface area contributed by atoms with Gasteiger partial charge >= 0.3 is 0 Å². The summed E-state index contributed by atoms with van der Waals surface area (Å²) in [6.07, 6.45) is 1.71. The maximum absolute atomic E-state index is 9.39. The first-order chi connectivity index (χ1) is 14.7. The van der Waals surface area contributed by atoms with Crippen LogP contribution >= 0.6 is 0 Å². The van der Waals surface area contributed by atoms with E-state index in [2.05, 4.69) is 34.2 Å². The lowest BCUT2D eigenvalue weighted by Crippen LogP contribution is -2.44. The molecule has 0 amide bonds. The van der Waals surface area contributed by atoms with Crippen molar-refractivity contribution in [2.45, 2.75) is 13.0 Å². The van der Waals surface area contributed by atoms with Crippen LogP contribution in [0.4, 0.5) is 5.82 Å². The average Bonchev–Trinajstić information content (AvgIpc) is 3.42. The number of morpholine rings is 1. The third kappa shape index (κ3) is 3.00. The Labute approximate surface area is 173 Å². The Bertz CT molecular complexity index is 1250. The van der Waals surface area contributed by atoms with Crippen LogP contribution in [0.1, 0.15) is 12.5 Å². The van der Waals surface area contributed by atoms with E-state index < -0.39 is 0 Å². The van der Waals surface area contributed by atoms with E-state index >= 15 is 0 Å². The minimum absolute atomic E-state index is 0.217. The zero-order chi connectivity index (χ0) is 20.7. The molecule has 1 N–H and O–H groups in total. The Kier molecular flexibility index (Phi) is 4.45. The standard InChI is InChI=1S/C22H21N7O/c1-14-13-30-9-8-29(14)19-11-17(16-5-3-4-15(10-16)12-23)22-21(25-19)20(27-28(22)2)18-6-7-24-26-18/h3-7,10-11,14H,8-9,13H2,1-2H3,(H,24,26)/t14-/m1/s1. The Morgan fingerprint density at radius 1 is 1.27 bits per heavy atom. The van der Waals surface area contributed by atoms with Gasteiger partial charge in [0.15, 0.2) is 0 Å². The van der Waals surface area contributed by atoms with Crippen molar-refractivity contribution in [2.24, 2.45) is 7.05 Å². The quantitative estimate of drug-likeness (QED) is 0.569. The Balaban J connectivity index is 1.80. The third-order valence-electron chi connectivity index (χ3n) is 5.50. The van der Waals surface area contributed by atoms with E-state index in [1.807, 2.05) is 42.1 Å². The summed E-state index contributed by atoms with van der Waals surface area (Å²) >= 11 is 0. The molecule has 5 rings (SSSR count). The predicted octanol–water partition coefficient (Wildman–Crippen LogP) is 3.12. The van der Waals surface area contributed by atoms with Gasteiger partial charge in [0, 0.05) is 25.4 Å². The van der Waals surface area contributed by atoms with Crippen molar-refractivity contribution in [3.63, 3.8) is 0 Å². The number of anilines is 1. The summed E-state index contributed by atoms with van der Waals surface area (Å²) in [4.78, 5) is 7.30. The lowest BCUT2D eigenvalue weighted by Gasteiger charge is -2.34. The van der Waals surface area contributed by atoms with Gasteiger partial charge in [-0.1, -0.05) is 12.1 Å². The number of ether oxygens (including phenoxy) is 1. The fraction of sp³-hybridized carbons (Fsp3) is 0.273. The smallest absolute Gasteiger partial charge is 0.136 e. The summed E-state index contributed by atoms with van der Waals surface area (Å²) in [6, 6.07) is 14.1. The average molecular weight is 399 g/mol. The van der Waals surface area contributed by atoms with Gasteiger partial charge < -0.3 is 9.64 Å². The molecule has 1 aromatic carbocycles. The SMILES string of the molecule is C[C@@H]1COCCN1c1cc(-c2cccc(C#N)c2)c2c(n1)c(-c1ccn[nH]1)nn2C. The van der Waals surface area contributed by atoms with Crippen LogP contribution in [0.2, 0.25) is 0 Å². The second-order valence-electron chi connectivity index (χ2n) is 7.48. The van der Waals surface area contributed by atoms with Crippen LogP contribution in [0.5, 0.6) is 0 Å². The topological polar surface area (TPSA) is 95.7 Å². The summed E-state index contributed by atoms with van der Waals surface area (Å²) in [6.45, 7) is 4.25. The number of pyridine rings is 1. The van der Waals surface area contributed by atoms with Crippen LogP contribution in [0.15, 0.2) is 42.6 Å². The van der Waals surface area contributed by atoms with E-state index in [1.165, 1.54) is 0 Å². The molecule has 3 aromatic heterocycles. The van der Waals surface area contributed by atoms with Crippen LogP contribution in [0, 0.1) is 11.3 Å². The molecule has 30 heavy (non-hydrogen) atoms. The van der Waals surface area contributed by atoms with E-state index in [0.29, 0.717) is 18.8 Å². The molecule has 150 valence electrons. The molecule has 0 saturated carbocycles. The molecule has 0 spiro atoms. The number of nitrogens with one attached hydrogen (secondary N) is 1. The van der Waals surface area contributed by atoms with Gasteiger partial charge in [-0.05, 0) is 36.8 Å². The summed E-state index contributed by atoms with van der Waals surface area (Å²) in [7, 11) is 1.92. The van der Waals surface area contributed by atoms with E-state index in [0.717, 1.165) is 45.9 Å². The molecule has 4 heterocycles. The van der Waals surface area contributed by atoms with Crippen molar-refractivity contribution >= 4 is 16.9 Å². The van der Waals surface area contributed by atoms with Crippen molar-refractivity contribution in [3.05, 3.63) is 48.2 Å². The second kappa shape index (κ2) is 7.28. The summed E-state index contributed by atoms with van der Waals surface area (Å²) in [5.74, 6) is 0.879. The number of H-pyrrole nitrogens is 1. The van der Waals surface area contributed by atoms with Crippen molar-refractivity contribution in [1.29, 1.82) is 5.26 Å². The molecule has 1 saturated heterocycles. The van der Waals surface area contributed by atoms with Crippen molar-refractivity contribution in [1.82, 2.24) is 25.0 Å². The van der Waals surface area contributed by atoms with Gasteiger partial charge in [-0.3, -0.25) is 9.78 Å². The van der Waals surface area contributed by atoms with Gasteiger partial charge in [-0.15, -0.1) is 0 Å². The van der Waals surface area contributed by atoms with Gasteiger partial charge in [0.1, 0.15) is 17.0 Å². The lowest BCUT2D eigenvalue weighted by atomic mass is 10.0. The number of nitrogens with zero attached hydrogens (tertiary/aromatic N) is 6. The predicted molar refractivity (Wildman–Crippen MR) is 114 cm³/mol. The number of rotatable bonds is 3. The van der Waals surface area contributed by atoms with Crippen LogP contribution in [0.3, 0.4) is 0 Å². The second-order valence-corrected chi connectivity index (χ2v) is 7.48. The molecular formula is C22H21N7O. The maximum Gasteiger partial charge on any atom is 0.136 e. The molecule has 1 aliphatic heterocycles. The number of benzene rings is 1. The highest BCUT2D eigenvalue weighted by atomic mass is 16.5. The summed E-state index contributed by atoms with van der Waals surface area (Å²) < 4.78 is 7.46. The first kappa shape index (κ1) is 18.3. The number of aromatic nitrogens is 5. The molecule has 8 heteroatoms. The van der Waals surface area contributed by atoms with Gasteiger partial charge in [0.2, 0.25) is 0 Å². The van der Waals surface area contributed by atoms with Crippen LogP contribution in [-0.2, 0) is 11.8 Å². The summed E-state index contributed by atoms with van der Waals surface area (Å²) in [5.41, 5.74) is 5.86. The zero-order valence-corrected chi connectivity index (χ0v) is 16.8. The number of nitriles is 1. The van der Waals surface area contributed by atoms with E-state index in [9.17, 15) is 5.26 Å². The highest BCUT2D eigenvalue weighted by molar-refractivity contribution is 6.00. The van der Waals surface area contributed by atoms with Crippen LogP contribution in [-0.4, -0.2) is 50.8 Å². The number of hydrogen-bond donors (Lipinski definition) is 1. The van der Waals surface area contributed by atoms with Gasteiger partial charge in [0.25, 0.3) is 0 Å². The van der Waals surface area contributed by atoms with Gasteiger partial charge in [0.05, 0.1) is 42.1 Å². The molecule has 1 atom stereocenters. The highest BCUT2D eigenvalue weighted by Gasteiger charge is 2.25. The Morgan fingerprint density at radius 2 is 2.17 bits per heavy atom. The van der Waals surface area contributed by atoms with E-state index in [1.54, 1.807) is 6.20 Å². The maximum atomic E-state index is 9.39. The number of fused-ring (bicyclic) bond motifs is 1. The third-order valence-corrected chi connectivity index (χ3v) is 5.50. The minimum Gasteiger partial charge on any atom is -0.377 e. The van der Waals surface area contributed by atoms with Crippen molar-refractivity contribution < 1.29 is 4.74 Å². The Morgan fingerprint density at radius 3 is 2.93 bits per heavy atom. The molecule has 1 aliphatic rings. The largest absolute Gasteiger partial charge is 0.377 e. The normalized spacial score (nSPS) is 16.7. The Hall–Kier alpha value is -3.70. The molecule has 0 radical (unpaired) electrons. The minimum atomic E-state index is 0.217. The van der Waals surface area contributed by atoms with Crippen molar-refractivity contribution in [2.75, 3.05) is 24.7 Å². The number of aromatic amines is 1. The van der Waals surface area contributed by atoms with E-state index in [-0.39, 0.29) is 6.04 Å². The molecule has 4 aromatic rings. The van der Waals surface area contributed by atoms with E-state index in [4.69, 9.17) is 14.8 Å². The van der Waals surface area contributed by atoms with Gasteiger partial charge in [-0.2, -0.15) is 15.5 Å². The number of aryl methyl sites for hydroxylation is 1. The lowest BCUT2D eigenvalue weighted by molar-refractivity contribution is 0.0986. The molecule has 8 nitrogen and oxygen atoms in total.